The van der Waals surface area contributed by atoms with Crippen LogP contribution in [0.25, 0.3) is 0 Å². The predicted molar refractivity (Wildman–Crippen MR) is 105 cm³/mol. The van der Waals surface area contributed by atoms with Gasteiger partial charge in [0.2, 0.25) is 0 Å². The Kier molecular flexibility index (Phi) is 5.52. The Balaban J connectivity index is 1.81. The zero-order valence-corrected chi connectivity index (χ0v) is 17.4. The van der Waals surface area contributed by atoms with Crippen LogP contribution in [0.3, 0.4) is 0 Å². The molecule has 0 unspecified atom stereocenters. The highest BCUT2D eigenvalue weighted by Crippen LogP contribution is 2.57. The minimum absolute atomic E-state index is 0.0850. The molecule has 3 fully saturated rings. The topological polar surface area (TPSA) is 35.5 Å². The third-order valence-corrected chi connectivity index (χ3v) is 6.42. The largest absolute Gasteiger partial charge is 0.349 e. The predicted octanol–water partition coefficient (Wildman–Crippen LogP) is 5.31. The Hall–Kier alpha value is -0.930. The van der Waals surface area contributed by atoms with Crippen LogP contribution in [0.4, 0.5) is 0 Å². The van der Waals surface area contributed by atoms with E-state index in [0.717, 1.165) is 38.9 Å². The van der Waals surface area contributed by atoms with Crippen LogP contribution in [0.2, 0.25) is 0 Å². The standard InChI is InChI=1S/C23H36O3/c1-15(2)7-9-17-19-11-23(25-13-22(5,6)14-26-23)12-20(19)18(21(17)24)10-8-16(3)4/h7-8,17-20H,9-14H2,1-6H3/t17-,18+,19-,20+. The molecular weight excluding hydrogens is 324 g/mol. The fraction of sp³-hybridized carbons (Fsp3) is 0.783. The van der Waals surface area contributed by atoms with E-state index in [4.69, 9.17) is 9.47 Å². The summed E-state index contributed by atoms with van der Waals surface area (Å²) >= 11 is 0. The molecule has 1 heterocycles. The molecule has 3 aliphatic rings. The van der Waals surface area contributed by atoms with Gasteiger partial charge in [-0.25, -0.2) is 0 Å². The maximum absolute atomic E-state index is 13.2. The molecule has 0 bridgehead atoms. The summed E-state index contributed by atoms with van der Waals surface area (Å²) in [5.41, 5.74) is 2.67. The molecule has 1 spiro atoms. The van der Waals surface area contributed by atoms with E-state index < -0.39 is 5.79 Å². The smallest absolute Gasteiger partial charge is 0.168 e. The number of carbonyl (C=O) groups is 1. The molecule has 0 aromatic heterocycles. The van der Waals surface area contributed by atoms with E-state index in [1.54, 1.807) is 0 Å². The average Bonchev–Trinajstić information content (AvgIpc) is 3.00. The number of rotatable bonds is 4. The highest BCUT2D eigenvalue weighted by atomic mass is 16.7. The average molecular weight is 361 g/mol. The molecule has 26 heavy (non-hydrogen) atoms. The van der Waals surface area contributed by atoms with Crippen molar-refractivity contribution in [1.29, 1.82) is 0 Å². The molecule has 0 radical (unpaired) electrons. The second kappa shape index (κ2) is 7.24. The van der Waals surface area contributed by atoms with Gasteiger partial charge in [-0.3, -0.25) is 4.79 Å². The number of allylic oxidation sites excluding steroid dienone is 4. The molecule has 4 atom stereocenters. The lowest BCUT2D eigenvalue weighted by molar-refractivity contribution is -0.298. The summed E-state index contributed by atoms with van der Waals surface area (Å²) in [6, 6.07) is 0. The summed E-state index contributed by atoms with van der Waals surface area (Å²) in [5.74, 6) is 1.09. The number of ether oxygens (including phenoxy) is 2. The molecule has 3 nitrogen and oxygen atoms in total. The summed E-state index contributed by atoms with van der Waals surface area (Å²) in [4.78, 5) is 13.2. The number of ketones is 1. The molecule has 0 aromatic carbocycles. The van der Waals surface area contributed by atoms with Crippen LogP contribution in [0.1, 0.15) is 67.2 Å². The minimum atomic E-state index is -0.446. The Morgan fingerprint density at radius 3 is 1.73 bits per heavy atom. The van der Waals surface area contributed by atoms with Crippen molar-refractivity contribution in [3.63, 3.8) is 0 Å². The van der Waals surface area contributed by atoms with Crippen molar-refractivity contribution in [2.24, 2.45) is 29.1 Å². The number of Topliss-reactive ketones (excluding diaryl/α,β-unsaturated/α-hetero) is 1. The highest BCUT2D eigenvalue weighted by Gasteiger charge is 2.60. The van der Waals surface area contributed by atoms with Crippen molar-refractivity contribution < 1.29 is 14.3 Å². The molecule has 1 aliphatic heterocycles. The van der Waals surface area contributed by atoms with Gasteiger partial charge in [-0.1, -0.05) is 37.1 Å². The van der Waals surface area contributed by atoms with Crippen LogP contribution in [0.15, 0.2) is 23.3 Å². The Morgan fingerprint density at radius 1 is 0.923 bits per heavy atom. The maximum atomic E-state index is 13.2. The van der Waals surface area contributed by atoms with Crippen molar-refractivity contribution in [3.8, 4) is 0 Å². The number of hydrogen-bond donors (Lipinski definition) is 0. The van der Waals surface area contributed by atoms with Gasteiger partial charge in [0.25, 0.3) is 0 Å². The van der Waals surface area contributed by atoms with E-state index in [1.807, 2.05) is 0 Å². The van der Waals surface area contributed by atoms with E-state index in [9.17, 15) is 4.79 Å². The van der Waals surface area contributed by atoms with E-state index >= 15 is 0 Å². The minimum Gasteiger partial charge on any atom is -0.349 e. The maximum Gasteiger partial charge on any atom is 0.168 e. The second-order valence-corrected chi connectivity index (χ2v) is 10.0. The van der Waals surface area contributed by atoms with Crippen molar-refractivity contribution in [2.45, 2.75) is 73.0 Å². The lowest BCUT2D eigenvalue weighted by Gasteiger charge is -2.42. The molecule has 1 saturated heterocycles. The first kappa shape index (κ1) is 19.8. The summed E-state index contributed by atoms with van der Waals surface area (Å²) in [6.45, 7) is 14.3. The first-order valence-electron chi connectivity index (χ1n) is 10.2. The highest BCUT2D eigenvalue weighted by molar-refractivity contribution is 5.87. The van der Waals surface area contributed by atoms with Gasteiger partial charge in [0.1, 0.15) is 5.78 Å². The summed E-state index contributed by atoms with van der Waals surface area (Å²) < 4.78 is 12.6. The van der Waals surface area contributed by atoms with Gasteiger partial charge < -0.3 is 9.47 Å². The molecule has 2 aliphatic carbocycles. The van der Waals surface area contributed by atoms with Crippen LogP contribution >= 0.6 is 0 Å². The van der Waals surface area contributed by atoms with E-state index in [2.05, 4.69) is 53.7 Å². The fourth-order valence-corrected chi connectivity index (χ4v) is 4.96. The SMILES string of the molecule is CC(C)=CC[C@@H]1C(=O)[C@H](CC=C(C)C)[C@H]2CC3(C[C@H]21)OCC(C)(C)CO3. The first-order valence-corrected chi connectivity index (χ1v) is 10.2. The molecule has 3 heteroatoms. The zero-order valence-electron chi connectivity index (χ0n) is 17.4. The third kappa shape index (κ3) is 3.99. The molecular formula is C23H36O3. The lowest BCUT2D eigenvalue weighted by Crippen LogP contribution is -2.46. The lowest BCUT2D eigenvalue weighted by atomic mass is 9.88. The van der Waals surface area contributed by atoms with Gasteiger partial charge >= 0.3 is 0 Å². The van der Waals surface area contributed by atoms with Gasteiger partial charge in [-0.2, -0.15) is 0 Å². The molecule has 0 amide bonds. The Labute approximate surface area is 159 Å². The van der Waals surface area contributed by atoms with Crippen molar-refractivity contribution in [2.75, 3.05) is 13.2 Å². The van der Waals surface area contributed by atoms with Crippen LogP contribution in [-0.2, 0) is 14.3 Å². The van der Waals surface area contributed by atoms with Crippen LogP contribution < -0.4 is 0 Å². The van der Waals surface area contributed by atoms with Gasteiger partial charge in [0.15, 0.2) is 5.79 Å². The van der Waals surface area contributed by atoms with Crippen LogP contribution in [0, 0.1) is 29.1 Å². The third-order valence-electron chi connectivity index (χ3n) is 6.42. The molecule has 3 rings (SSSR count). The van der Waals surface area contributed by atoms with Crippen LogP contribution in [-0.4, -0.2) is 24.8 Å². The normalized spacial score (nSPS) is 34.6. The summed E-state index contributed by atoms with van der Waals surface area (Å²) in [5, 5.41) is 0. The molecule has 0 aromatic rings. The van der Waals surface area contributed by atoms with Gasteiger partial charge in [0.05, 0.1) is 13.2 Å². The Bertz CT molecular complexity index is 555. The number of hydrogen-bond acceptors (Lipinski definition) is 3. The van der Waals surface area contributed by atoms with E-state index in [0.29, 0.717) is 17.6 Å². The second-order valence-electron chi connectivity index (χ2n) is 10.0. The van der Waals surface area contributed by atoms with Crippen molar-refractivity contribution >= 4 is 5.78 Å². The van der Waals surface area contributed by atoms with Gasteiger partial charge in [0, 0.05) is 30.1 Å². The molecule has 2 saturated carbocycles. The van der Waals surface area contributed by atoms with Gasteiger partial charge in [-0.15, -0.1) is 0 Å². The number of fused-ring (bicyclic) bond motifs is 1. The monoisotopic (exact) mass is 360 g/mol. The van der Waals surface area contributed by atoms with E-state index in [1.165, 1.54) is 11.1 Å². The first-order chi connectivity index (χ1) is 12.1. The Morgan fingerprint density at radius 2 is 1.35 bits per heavy atom. The summed E-state index contributed by atoms with van der Waals surface area (Å²) in [6.07, 6.45) is 7.97. The fourth-order valence-electron chi connectivity index (χ4n) is 4.96. The molecule has 0 N–H and O–H groups in total. The molecule has 146 valence electrons. The zero-order chi connectivity index (χ0) is 19.1. The quantitative estimate of drug-likeness (QED) is 0.637. The summed E-state index contributed by atoms with van der Waals surface area (Å²) in [7, 11) is 0. The van der Waals surface area contributed by atoms with Gasteiger partial charge in [-0.05, 0) is 52.4 Å². The van der Waals surface area contributed by atoms with E-state index in [-0.39, 0.29) is 17.3 Å². The van der Waals surface area contributed by atoms with Crippen LogP contribution in [0.5, 0.6) is 0 Å². The van der Waals surface area contributed by atoms with Crippen molar-refractivity contribution in [1.82, 2.24) is 0 Å². The number of carbonyl (C=O) groups excluding carboxylic acids is 1. The van der Waals surface area contributed by atoms with Crippen molar-refractivity contribution in [3.05, 3.63) is 23.3 Å².